The Hall–Kier alpha value is -1.32. The minimum atomic E-state index is 0.0512. The highest BCUT2D eigenvalue weighted by molar-refractivity contribution is 9.10. The third kappa shape index (κ3) is 2.60. The SMILES string of the molecule is CC(N)c1ccc(Br)cc1N1CCc2ccccc2C1. The van der Waals surface area contributed by atoms with Gasteiger partial charge in [0.05, 0.1) is 0 Å². The van der Waals surface area contributed by atoms with Gasteiger partial charge in [-0.15, -0.1) is 0 Å². The molecule has 0 fully saturated rings. The largest absolute Gasteiger partial charge is 0.367 e. The van der Waals surface area contributed by atoms with Gasteiger partial charge in [-0.05, 0) is 42.2 Å². The molecule has 3 rings (SSSR count). The smallest absolute Gasteiger partial charge is 0.0432 e. The van der Waals surface area contributed by atoms with Crippen molar-refractivity contribution in [2.75, 3.05) is 11.4 Å². The molecule has 0 aromatic heterocycles. The molecule has 0 saturated carbocycles. The van der Waals surface area contributed by atoms with Gasteiger partial charge in [-0.25, -0.2) is 0 Å². The maximum absolute atomic E-state index is 6.12. The summed E-state index contributed by atoms with van der Waals surface area (Å²) in [6.45, 7) is 4.06. The molecule has 0 aliphatic carbocycles. The Kier molecular flexibility index (Phi) is 3.81. The Morgan fingerprint density at radius 2 is 1.90 bits per heavy atom. The van der Waals surface area contributed by atoms with Crippen LogP contribution in [0.15, 0.2) is 46.9 Å². The molecule has 0 amide bonds. The molecule has 0 spiro atoms. The lowest BCUT2D eigenvalue weighted by Crippen LogP contribution is -2.31. The number of rotatable bonds is 2. The van der Waals surface area contributed by atoms with E-state index in [2.05, 4.69) is 63.3 Å². The molecule has 3 heteroatoms. The van der Waals surface area contributed by atoms with E-state index < -0.39 is 0 Å². The molecule has 0 saturated heterocycles. The predicted molar refractivity (Wildman–Crippen MR) is 87.9 cm³/mol. The molecule has 1 heterocycles. The van der Waals surface area contributed by atoms with Gasteiger partial charge in [0.2, 0.25) is 0 Å². The van der Waals surface area contributed by atoms with Gasteiger partial charge in [-0.2, -0.15) is 0 Å². The van der Waals surface area contributed by atoms with E-state index in [4.69, 9.17) is 5.73 Å². The van der Waals surface area contributed by atoms with Crippen LogP contribution in [0.3, 0.4) is 0 Å². The van der Waals surface area contributed by atoms with Crippen LogP contribution in [0.25, 0.3) is 0 Å². The van der Waals surface area contributed by atoms with Crippen LogP contribution in [0.4, 0.5) is 5.69 Å². The second-order valence-corrected chi connectivity index (χ2v) is 6.35. The monoisotopic (exact) mass is 330 g/mol. The molecule has 2 aromatic carbocycles. The van der Waals surface area contributed by atoms with E-state index in [1.54, 1.807) is 0 Å². The van der Waals surface area contributed by atoms with E-state index in [9.17, 15) is 0 Å². The molecule has 20 heavy (non-hydrogen) atoms. The summed E-state index contributed by atoms with van der Waals surface area (Å²) in [7, 11) is 0. The maximum atomic E-state index is 6.12. The molecule has 0 bridgehead atoms. The van der Waals surface area contributed by atoms with Crippen molar-refractivity contribution >= 4 is 21.6 Å². The zero-order valence-electron chi connectivity index (χ0n) is 11.6. The zero-order valence-corrected chi connectivity index (χ0v) is 13.2. The lowest BCUT2D eigenvalue weighted by Gasteiger charge is -2.33. The zero-order chi connectivity index (χ0) is 14.1. The summed E-state index contributed by atoms with van der Waals surface area (Å²) in [5.74, 6) is 0. The number of nitrogens with zero attached hydrogens (tertiary/aromatic N) is 1. The quantitative estimate of drug-likeness (QED) is 0.900. The second kappa shape index (κ2) is 5.58. The normalized spacial score (nSPS) is 15.8. The number of nitrogens with two attached hydrogens (primary N) is 1. The summed E-state index contributed by atoms with van der Waals surface area (Å²) in [6, 6.07) is 15.1. The van der Waals surface area contributed by atoms with Crippen LogP contribution in [0.5, 0.6) is 0 Å². The van der Waals surface area contributed by atoms with Gasteiger partial charge in [0.25, 0.3) is 0 Å². The highest BCUT2D eigenvalue weighted by Gasteiger charge is 2.19. The van der Waals surface area contributed by atoms with Gasteiger partial charge in [0, 0.05) is 29.3 Å². The van der Waals surface area contributed by atoms with Crippen LogP contribution in [0, 0.1) is 0 Å². The van der Waals surface area contributed by atoms with E-state index in [1.165, 1.54) is 22.4 Å². The molecule has 1 unspecified atom stereocenters. The summed E-state index contributed by atoms with van der Waals surface area (Å²) < 4.78 is 1.11. The number of benzene rings is 2. The second-order valence-electron chi connectivity index (χ2n) is 5.43. The third-order valence-corrected chi connectivity index (χ3v) is 4.45. The molecular formula is C17H19BrN2. The first-order chi connectivity index (χ1) is 9.65. The highest BCUT2D eigenvalue weighted by atomic mass is 79.9. The Balaban J connectivity index is 1.97. The Morgan fingerprint density at radius 3 is 2.65 bits per heavy atom. The topological polar surface area (TPSA) is 29.3 Å². The fourth-order valence-electron chi connectivity index (χ4n) is 2.88. The molecule has 1 atom stereocenters. The van der Waals surface area contributed by atoms with Crippen LogP contribution in [-0.4, -0.2) is 6.54 Å². The molecule has 1 aliphatic heterocycles. The van der Waals surface area contributed by atoms with E-state index in [0.29, 0.717) is 0 Å². The number of fused-ring (bicyclic) bond motifs is 1. The van der Waals surface area contributed by atoms with Crippen molar-refractivity contribution in [3.05, 3.63) is 63.6 Å². The van der Waals surface area contributed by atoms with Crippen LogP contribution < -0.4 is 10.6 Å². The summed E-state index contributed by atoms with van der Waals surface area (Å²) in [5.41, 5.74) is 11.5. The minimum absolute atomic E-state index is 0.0512. The van der Waals surface area contributed by atoms with Gasteiger partial charge < -0.3 is 10.6 Å². The van der Waals surface area contributed by atoms with Gasteiger partial charge in [0.15, 0.2) is 0 Å². The number of hydrogen-bond acceptors (Lipinski definition) is 2. The summed E-state index contributed by atoms with van der Waals surface area (Å²) >= 11 is 3.58. The van der Waals surface area contributed by atoms with Crippen LogP contribution in [-0.2, 0) is 13.0 Å². The predicted octanol–water partition coefficient (Wildman–Crippen LogP) is 4.03. The molecule has 1 aliphatic rings. The standard InChI is InChI=1S/C17H19BrN2/c1-12(19)16-7-6-15(18)10-17(16)20-9-8-13-4-2-3-5-14(13)11-20/h2-7,10,12H,8-9,11,19H2,1H3. The van der Waals surface area contributed by atoms with Crippen LogP contribution in [0.1, 0.15) is 29.7 Å². The maximum Gasteiger partial charge on any atom is 0.0432 e. The van der Waals surface area contributed by atoms with Crippen molar-refractivity contribution in [1.82, 2.24) is 0 Å². The Labute approximate surface area is 128 Å². The van der Waals surface area contributed by atoms with Crippen molar-refractivity contribution in [1.29, 1.82) is 0 Å². The van der Waals surface area contributed by atoms with Crippen LogP contribution >= 0.6 is 15.9 Å². The van der Waals surface area contributed by atoms with Crippen molar-refractivity contribution in [3.63, 3.8) is 0 Å². The summed E-state index contributed by atoms with van der Waals surface area (Å²) in [4.78, 5) is 2.44. The van der Waals surface area contributed by atoms with Gasteiger partial charge in [0.1, 0.15) is 0 Å². The van der Waals surface area contributed by atoms with Gasteiger partial charge in [-0.1, -0.05) is 46.3 Å². The fourth-order valence-corrected chi connectivity index (χ4v) is 3.23. The van der Waals surface area contributed by atoms with Crippen molar-refractivity contribution in [3.8, 4) is 0 Å². The molecule has 104 valence electrons. The molecule has 2 nitrogen and oxygen atoms in total. The average molecular weight is 331 g/mol. The minimum Gasteiger partial charge on any atom is -0.367 e. The number of halogens is 1. The first-order valence-corrected chi connectivity index (χ1v) is 7.81. The van der Waals surface area contributed by atoms with Crippen LogP contribution in [0.2, 0.25) is 0 Å². The van der Waals surface area contributed by atoms with E-state index >= 15 is 0 Å². The van der Waals surface area contributed by atoms with Gasteiger partial charge in [-0.3, -0.25) is 0 Å². The average Bonchev–Trinajstić information content (AvgIpc) is 2.46. The first kappa shape index (κ1) is 13.7. The number of hydrogen-bond donors (Lipinski definition) is 1. The number of anilines is 1. The van der Waals surface area contributed by atoms with Crippen molar-refractivity contribution in [2.24, 2.45) is 5.73 Å². The summed E-state index contributed by atoms with van der Waals surface area (Å²) in [5, 5.41) is 0. The lowest BCUT2D eigenvalue weighted by atomic mass is 9.98. The Bertz CT molecular complexity index is 622. The van der Waals surface area contributed by atoms with Gasteiger partial charge >= 0.3 is 0 Å². The van der Waals surface area contributed by atoms with E-state index in [0.717, 1.165) is 24.0 Å². The third-order valence-electron chi connectivity index (χ3n) is 3.95. The van der Waals surface area contributed by atoms with Crippen molar-refractivity contribution < 1.29 is 0 Å². The molecule has 0 radical (unpaired) electrons. The highest BCUT2D eigenvalue weighted by Crippen LogP contribution is 2.32. The van der Waals surface area contributed by atoms with Crippen molar-refractivity contribution in [2.45, 2.75) is 25.9 Å². The van der Waals surface area contributed by atoms with E-state index in [1.807, 2.05) is 6.92 Å². The molecular weight excluding hydrogens is 312 g/mol. The lowest BCUT2D eigenvalue weighted by molar-refractivity contribution is 0.715. The molecule has 2 aromatic rings. The fraction of sp³-hybridized carbons (Fsp3) is 0.294. The Morgan fingerprint density at radius 1 is 1.15 bits per heavy atom. The summed E-state index contributed by atoms with van der Waals surface area (Å²) in [6.07, 6.45) is 1.10. The first-order valence-electron chi connectivity index (χ1n) is 7.02. The van der Waals surface area contributed by atoms with E-state index in [-0.39, 0.29) is 6.04 Å². The molecule has 2 N–H and O–H groups in total.